The van der Waals surface area contributed by atoms with E-state index >= 15 is 0 Å². The molecule has 1 aromatic carbocycles. The van der Waals surface area contributed by atoms with Crippen molar-refractivity contribution in [3.63, 3.8) is 0 Å². The quantitative estimate of drug-likeness (QED) is 0.822. The predicted octanol–water partition coefficient (Wildman–Crippen LogP) is 2.27. The van der Waals surface area contributed by atoms with Crippen molar-refractivity contribution < 1.29 is 13.2 Å². The molecule has 18 heavy (non-hydrogen) atoms. The molecule has 1 heterocycles. The molecule has 2 aromatic rings. The fourth-order valence-corrected chi connectivity index (χ4v) is 1.33. The molecule has 0 aliphatic heterocycles. The highest BCUT2D eigenvalue weighted by Gasteiger charge is 2.14. The number of anilines is 3. The summed E-state index contributed by atoms with van der Waals surface area (Å²) in [6.45, 7) is 0. The molecule has 0 unspecified atom stereocenters. The third-order valence-electron chi connectivity index (χ3n) is 1.91. The standard InChI is InChI=1S/C9H5ClF3N5/c10-7-16-8(14)18-9(17-7)15-4-2-1-3(11)5(12)6(4)13/h1-2H,(H3,14,15,16,17,18). The highest BCUT2D eigenvalue weighted by atomic mass is 35.5. The average molecular weight is 276 g/mol. The molecule has 0 aliphatic rings. The van der Waals surface area contributed by atoms with Crippen LogP contribution in [0.1, 0.15) is 0 Å². The molecule has 0 radical (unpaired) electrons. The molecule has 0 aliphatic carbocycles. The monoisotopic (exact) mass is 275 g/mol. The van der Waals surface area contributed by atoms with Gasteiger partial charge in [-0.25, -0.2) is 13.2 Å². The van der Waals surface area contributed by atoms with Crippen LogP contribution in [0.5, 0.6) is 0 Å². The zero-order valence-corrected chi connectivity index (χ0v) is 9.34. The molecule has 0 saturated carbocycles. The van der Waals surface area contributed by atoms with Gasteiger partial charge in [-0.3, -0.25) is 0 Å². The lowest BCUT2D eigenvalue weighted by Crippen LogP contribution is -2.05. The van der Waals surface area contributed by atoms with Gasteiger partial charge in [0.1, 0.15) is 0 Å². The largest absolute Gasteiger partial charge is 0.368 e. The summed E-state index contributed by atoms with van der Waals surface area (Å²) in [5.41, 5.74) is 4.94. The molecule has 5 nitrogen and oxygen atoms in total. The summed E-state index contributed by atoms with van der Waals surface area (Å²) in [7, 11) is 0. The van der Waals surface area contributed by atoms with Gasteiger partial charge >= 0.3 is 0 Å². The van der Waals surface area contributed by atoms with Crippen molar-refractivity contribution in [2.75, 3.05) is 11.1 Å². The van der Waals surface area contributed by atoms with Crippen LogP contribution in [0.15, 0.2) is 12.1 Å². The lowest BCUT2D eigenvalue weighted by atomic mass is 10.3. The van der Waals surface area contributed by atoms with Crippen LogP contribution in [-0.2, 0) is 0 Å². The van der Waals surface area contributed by atoms with Gasteiger partial charge in [0.2, 0.25) is 17.2 Å². The molecule has 0 fully saturated rings. The minimum absolute atomic E-state index is 0.183. The number of nitrogens with two attached hydrogens (primary N) is 1. The second-order valence-electron chi connectivity index (χ2n) is 3.13. The first-order valence-electron chi connectivity index (χ1n) is 4.55. The van der Waals surface area contributed by atoms with Gasteiger partial charge in [-0.15, -0.1) is 0 Å². The Morgan fingerprint density at radius 1 is 1.06 bits per heavy atom. The molecule has 0 atom stereocenters. The van der Waals surface area contributed by atoms with Crippen molar-refractivity contribution in [3.8, 4) is 0 Å². The Labute approximate surface area is 104 Å². The van der Waals surface area contributed by atoms with Crippen LogP contribution in [0.25, 0.3) is 0 Å². The fraction of sp³-hybridized carbons (Fsp3) is 0. The first kappa shape index (κ1) is 12.4. The summed E-state index contributed by atoms with van der Waals surface area (Å²) < 4.78 is 39.0. The summed E-state index contributed by atoms with van der Waals surface area (Å²) in [6.07, 6.45) is 0. The van der Waals surface area contributed by atoms with E-state index in [9.17, 15) is 13.2 Å². The fourth-order valence-electron chi connectivity index (χ4n) is 1.16. The van der Waals surface area contributed by atoms with E-state index in [0.29, 0.717) is 0 Å². The topological polar surface area (TPSA) is 76.7 Å². The molecule has 0 saturated heterocycles. The summed E-state index contributed by atoms with van der Waals surface area (Å²) >= 11 is 5.50. The van der Waals surface area contributed by atoms with Gasteiger partial charge in [0.15, 0.2) is 17.5 Å². The smallest absolute Gasteiger partial charge is 0.233 e. The van der Waals surface area contributed by atoms with Crippen molar-refractivity contribution in [1.82, 2.24) is 15.0 Å². The summed E-state index contributed by atoms with van der Waals surface area (Å²) in [6, 6.07) is 1.74. The number of aromatic nitrogens is 3. The SMILES string of the molecule is Nc1nc(Cl)nc(Nc2ccc(F)c(F)c2F)n1. The van der Waals surface area contributed by atoms with E-state index in [1.165, 1.54) is 0 Å². The summed E-state index contributed by atoms with van der Waals surface area (Å²) in [5.74, 6) is -4.68. The Morgan fingerprint density at radius 3 is 2.44 bits per heavy atom. The van der Waals surface area contributed by atoms with Gasteiger partial charge in [-0.1, -0.05) is 0 Å². The number of benzene rings is 1. The van der Waals surface area contributed by atoms with Gasteiger partial charge in [0, 0.05) is 0 Å². The number of nitrogens with one attached hydrogen (secondary N) is 1. The second kappa shape index (κ2) is 4.65. The van der Waals surface area contributed by atoms with Crippen molar-refractivity contribution in [2.45, 2.75) is 0 Å². The highest BCUT2D eigenvalue weighted by molar-refractivity contribution is 6.28. The number of nitrogen functional groups attached to an aromatic ring is 1. The van der Waals surface area contributed by atoms with Gasteiger partial charge in [0.05, 0.1) is 5.69 Å². The lowest BCUT2D eigenvalue weighted by Gasteiger charge is -2.07. The minimum Gasteiger partial charge on any atom is -0.368 e. The summed E-state index contributed by atoms with van der Waals surface area (Å²) in [4.78, 5) is 10.7. The van der Waals surface area contributed by atoms with Crippen LogP contribution in [0, 0.1) is 17.5 Å². The molecule has 94 valence electrons. The van der Waals surface area contributed by atoms with Crippen LogP contribution < -0.4 is 11.1 Å². The van der Waals surface area contributed by atoms with E-state index in [4.69, 9.17) is 17.3 Å². The maximum Gasteiger partial charge on any atom is 0.233 e. The first-order chi connectivity index (χ1) is 8.47. The van der Waals surface area contributed by atoms with E-state index in [1.54, 1.807) is 0 Å². The molecule has 9 heteroatoms. The Kier molecular flexibility index (Phi) is 3.19. The Hall–Kier alpha value is -2.09. The zero-order valence-electron chi connectivity index (χ0n) is 8.59. The number of rotatable bonds is 2. The van der Waals surface area contributed by atoms with E-state index in [-0.39, 0.29) is 22.9 Å². The van der Waals surface area contributed by atoms with E-state index < -0.39 is 17.5 Å². The minimum atomic E-state index is -1.60. The van der Waals surface area contributed by atoms with Crippen molar-refractivity contribution in [1.29, 1.82) is 0 Å². The molecule has 0 spiro atoms. The molecule has 0 bridgehead atoms. The number of hydrogen-bond acceptors (Lipinski definition) is 5. The summed E-state index contributed by atoms with van der Waals surface area (Å²) in [5, 5.41) is 2.10. The van der Waals surface area contributed by atoms with E-state index in [2.05, 4.69) is 20.3 Å². The second-order valence-corrected chi connectivity index (χ2v) is 3.47. The van der Waals surface area contributed by atoms with Crippen molar-refractivity contribution >= 4 is 29.2 Å². The van der Waals surface area contributed by atoms with Crippen LogP contribution in [0.4, 0.5) is 30.8 Å². The third-order valence-corrected chi connectivity index (χ3v) is 2.08. The number of halogens is 4. The van der Waals surface area contributed by atoms with Crippen LogP contribution in [0.2, 0.25) is 5.28 Å². The van der Waals surface area contributed by atoms with E-state index in [0.717, 1.165) is 12.1 Å². The predicted molar refractivity (Wildman–Crippen MR) is 58.8 cm³/mol. The van der Waals surface area contributed by atoms with Crippen molar-refractivity contribution in [3.05, 3.63) is 34.9 Å². The molecule has 2 rings (SSSR count). The highest BCUT2D eigenvalue weighted by Crippen LogP contribution is 2.22. The Balaban J connectivity index is 2.37. The first-order valence-corrected chi connectivity index (χ1v) is 4.92. The van der Waals surface area contributed by atoms with Crippen LogP contribution in [-0.4, -0.2) is 15.0 Å². The Morgan fingerprint density at radius 2 is 1.78 bits per heavy atom. The van der Waals surface area contributed by atoms with Gasteiger partial charge in [-0.2, -0.15) is 15.0 Å². The maximum absolute atomic E-state index is 13.3. The lowest BCUT2D eigenvalue weighted by molar-refractivity contribution is 0.449. The third kappa shape index (κ3) is 2.43. The van der Waals surface area contributed by atoms with Gasteiger partial charge in [-0.05, 0) is 23.7 Å². The number of nitrogens with zero attached hydrogens (tertiary/aromatic N) is 3. The van der Waals surface area contributed by atoms with E-state index in [1.807, 2.05) is 0 Å². The Bertz CT molecular complexity index is 587. The molecule has 1 aromatic heterocycles. The van der Waals surface area contributed by atoms with Gasteiger partial charge in [0.25, 0.3) is 0 Å². The molecule has 3 N–H and O–H groups in total. The van der Waals surface area contributed by atoms with Crippen LogP contribution in [0.3, 0.4) is 0 Å². The van der Waals surface area contributed by atoms with Crippen molar-refractivity contribution in [2.24, 2.45) is 0 Å². The average Bonchev–Trinajstić information content (AvgIpc) is 2.29. The number of hydrogen-bond donors (Lipinski definition) is 2. The normalized spacial score (nSPS) is 10.4. The van der Waals surface area contributed by atoms with Gasteiger partial charge < -0.3 is 11.1 Å². The molecule has 0 amide bonds. The molecular formula is C9H5ClF3N5. The zero-order chi connectivity index (χ0) is 13.3. The molecular weight excluding hydrogens is 271 g/mol. The maximum atomic E-state index is 13.3. The van der Waals surface area contributed by atoms with Crippen LogP contribution >= 0.6 is 11.6 Å².